The molecule has 0 aliphatic carbocycles. The van der Waals surface area contributed by atoms with Gasteiger partial charge in [0, 0.05) is 5.56 Å². The maximum atomic E-state index is 11.5. The minimum Gasteiger partial charge on any atom is -0.465 e. The van der Waals surface area contributed by atoms with Crippen LogP contribution in [0.1, 0.15) is 6.92 Å². The van der Waals surface area contributed by atoms with E-state index in [1.165, 1.54) is 0 Å². The quantitative estimate of drug-likeness (QED) is 0.685. The Hall–Kier alpha value is -2.76. The van der Waals surface area contributed by atoms with Crippen molar-refractivity contribution in [3.8, 4) is 11.4 Å². The minimum atomic E-state index is -0.302. The van der Waals surface area contributed by atoms with Crippen molar-refractivity contribution in [2.24, 2.45) is 0 Å². The van der Waals surface area contributed by atoms with Crippen molar-refractivity contribution >= 4 is 17.1 Å². The first kappa shape index (κ1) is 13.2. The fourth-order valence-corrected chi connectivity index (χ4v) is 2.05. The van der Waals surface area contributed by atoms with Crippen molar-refractivity contribution < 1.29 is 9.53 Å². The lowest BCUT2D eigenvalue weighted by Crippen LogP contribution is -2.12. The third kappa shape index (κ3) is 2.74. The highest BCUT2D eigenvalue weighted by Gasteiger charge is 2.10. The summed E-state index contributed by atoms with van der Waals surface area (Å²) in [5.41, 5.74) is 2.20. The predicted octanol–water partition coefficient (Wildman–Crippen LogP) is 2.06. The van der Waals surface area contributed by atoms with E-state index in [1.54, 1.807) is 24.0 Å². The van der Waals surface area contributed by atoms with Gasteiger partial charge in [-0.25, -0.2) is 15.0 Å². The Morgan fingerprint density at radius 2 is 2.05 bits per heavy atom. The van der Waals surface area contributed by atoms with Crippen LogP contribution >= 0.6 is 0 Å². The van der Waals surface area contributed by atoms with Crippen LogP contribution in [0.4, 0.5) is 0 Å². The highest BCUT2D eigenvalue weighted by molar-refractivity contribution is 5.76. The van der Waals surface area contributed by atoms with Crippen molar-refractivity contribution in [1.29, 1.82) is 0 Å². The second-order valence-electron chi connectivity index (χ2n) is 4.45. The summed E-state index contributed by atoms with van der Waals surface area (Å²) in [5, 5.41) is 0. The van der Waals surface area contributed by atoms with Gasteiger partial charge in [-0.15, -0.1) is 0 Å². The molecule has 3 rings (SSSR count). The first-order chi connectivity index (χ1) is 10.3. The Balaban J connectivity index is 1.93. The van der Waals surface area contributed by atoms with Crippen LogP contribution < -0.4 is 0 Å². The summed E-state index contributed by atoms with van der Waals surface area (Å²) in [5.74, 6) is 0.313. The lowest BCUT2D eigenvalue weighted by molar-refractivity contribution is -0.143. The number of hydrogen-bond acceptors (Lipinski definition) is 5. The van der Waals surface area contributed by atoms with Crippen LogP contribution in [0.3, 0.4) is 0 Å². The Kier molecular flexibility index (Phi) is 3.59. The van der Waals surface area contributed by atoms with E-state index < -0.39 is 0 Å². The number of rotatable bonds is 4. The summed E-state index contributed by atoms with van der Waals surface area (Å²) in [6, 6.07) is 9.69. The van der Waals surface area contributed by atoms with Gasteiger partial charge in [0.2, 0.25) is 0 Å². The van der Waals surface area contributed by atoms with Crippen LogP contribution in [0.2, 0.25) is 0 Å². The number of fused-ring (bicyclic) bond motifs is 1. The lowest BCUT2D eigenvalue weighted by Gasteiger charge is -2.04. The molecule has 0 aliphatic heterocycles. The second kappa shape index (κ2) is 5.70. The fourth-order valence-electron chi connectivity index (χ4n) is 2.05. The number of benzene rings is 1. The molecule has 6 heteroatoms. The molecule has 0 saturated carbocycles. The highest BCUT2D eigenvalue weighted by Crippen LogP contribution is 2.17. The zero-order valence-corrected chi connectivity index (χ0v) is 11.6. The average molecular weight is 282 g/mol. The monoisotopic (exact) mass is 282 g/mol. The molecule has 2 heterocycles. The summed E-state index contributed by atoms with van der Waals surface area (Å²) in [7, 11) is 0. The van der Waals surface area contributed by atoms with Crippen LogP contribution in [0.15, 0.2) is 42.9 Å². The Morgan fingerprint density at radius 1 is 1.24 bits per heavy atom. The summed E-state index contributed by atoms with van der Waals surface area (Å²) in [6.07, 6.45) is 3.25. The Bertz CT molecular complexity index is 768. The van der Waals surface area contributed by atoms with Gasteiger partial charge >= 0.3 is 5.97 Å². The third-order valence-electron chi connectivity index (χ3n) is 3.02. The van der Waals surface area contributed by atoms with Crippen molar-refractivity contribution in [2.75, 3.05) is 6.61 Å². The summed E-state index contributed by atoms with van der Waals surface area (Å²) < 4.78 is 6.61. The van der Waals surface area contributed by atoms with Crippen LogP contribution in [0, 0.1) is 0 Å². The fraction of sp³-hybridized carbons (Fsp3) is 0.200. The van der Waals surface area contributed by atoms with Gasteiger partial charge < -0.3 is 9.30 Å². The predicted molar refractivity (Wildman–Crippen MR) is 77.4 cm³/mol. The molecule has 0 aliphatic rings. The van der Waals surface area contributed by atoms with Gasteiger partial charge in [-0.1, -0.05) is 30.3 Å². The molecule has 21 heavy (non-hydrogen) atoms. The molecule has 1 aromatic carbocycles. The average Bonchev–Trinajstić information content (AvgIpc) is 2.91. The van der Waals surface area contributed by atoms with E-state index in [-0.39, 0.29) is 12.5 Å². The van der Waals surface area contributed by atoms with E-state index in [0.717, 1.165) is 5.56 Å². The molecule has 0 amide bonds. The van der Waals surface area contributed by atoms with E-state index in [1.807, 2.05) is 30.3 Å². The number of carbonyl (C=O) groups is 1. The Morgan fingerprint density at radius 3 is 2.81 bits per heavy atom. The molecule has 0 bridgehead atoms. The van der Waals surface area contributed by atoms with Crippen LogP contribution in [0.25, 0.3) is 22.6 Å². The number of hydrogen-bond donors (Lipinski definition) is 0. The minimum absolute atomic E-state index is 0.110. The Labute approximate surface area is 121 Å². The molecule has 0 spiro atoms. The maximum Gasteiger partial charge on any atom is 0.326 e. The SMILES string of the molecule is CCOC(=O)Cn1cnc2nc(-c3ccccc3)ncc21. The largest absolute Gasteiger partial charge is 0.465 e. The standard InChI is InChI=1S/C15H14N4O2/c1-2-21-13(20)9-19-10-17-15-12(19)8-16-14(18-15)11-6-4-3-5-7-11/h3-8,10H,2,9H2,1H3. The van der Waals surface area contributed by atoms with E-state index in [2.05, 4.69) is 15.0 Å². The van der Waals surface area contributed by atoms with Gasteiger partial charge in [0.1, 0.15) is 12.1 Å². The topological polar surface area (TPSA) is 69.9 Å². The normalized spacial score (nSPS) is 10.7. The molecule has 0 atom stereocenters. The first-order valence-electron chi connectivity index (χ1n) is 6.67. The third-order valence-corrected chi connectivity index (χ3v) is 3.02. The van der Waals surface area contributed by atoms with Gasteiger partial charge in [-0.05, 0) is 6.92 Å². The number of aromatic nitrogens is 4. The summed E-state index contributed by atoms with van der Waals surface area (Å²) in [6.45, 7) is 2.25. The first-order valence-corrected chi connectivity index (χ1v) is 6.67. The van der Waals surface area contributed by atoms with Gasteiger partial charge in [-0.2, -0.15) is 0 Å². The zero-order valence-electron chi connectivity index (χ0n) is 11.6. The van der Waals surface area contributed by atoms with E-state index in [4.69, 9.17) is 4.74 Å². The molecule has 2 aromatic heterocycles. The number of nitrogens with zero attached hydrogens (tertiary/aromatic N) is 4. The van der Waals surface area contributed by atoms with Gasteiger partial charge in [0.05, 0.1) is 19.1 Å². The van der Waals surface area contributed by atoms with Crippen molar-refractivity contribution in [1.82, 2.24) is 19.5 Å². The summed E-state index contributed by atoms with van der Waals surface area (Å²) >= 11 is 0. The molecular formula is C15H14N4O2. The molecular weight excluding hydrogens is 268 g/mol. The molecule has 0 fully saturated rings. The molecule has 0 N–H and O–H groups in total. The van der Waals surface area contributed by atoms with Gasteiger partial charge in [0.15, 0.2) is 11.5 Å². The van der Waals surface area contributed by atoms with E-state index in [9.17, 15) is 4.79 Å². The molecule has 0 saturated heterocycles. The number of ether oxygens (including phenoxy) is 1. The molecule has 106 valence electrons. The maximum absolute atomic E-state index is 11.5. The number of imidazole rings is 1. The molecule has 3 aromatic rings. The molecule has 6 nitrogen and oxygen atoms in total. The van der Waals surface area contributed by atoms with Crippen molar-refractivity contribution in [3.05, 3.63) is 42.9 Å². The van der Waals surface area contributed by atoms with Crippen LogP contribution in [-0.2, 0) is 16.1 Å². The summed E-state index contributed by atoms with van der Waals surface area (Å²) in [4.78, 5) is 24.5. The highest BCUT2D eigenvalue weighted by atomic mass is 16.5. The second-order valence-corrected chi connectivity index (χ2v) is 4.45. The van der Waals surface area contributed by atoms with Gasteiger partial charge in [-0.3, -0.25) is 4.79 Å². The molecule has 0 unspecified atom stereocenters. The van der Waals surface area contributed by atoms with Crippen molar-refractivity contribution in [2.45, 2.75) is 13.5 Å². The lowest BCUT2D eigenvalue weighted by atomic mass is 10.2. The van der Waals surface area contributed by atoms with Crippen LogP contribution in [-0.4, -0.2) is 32.1 Å². The number of carbonyl (C=O) groups excluding carboxylic acids is 1. The molecule has 0 radical (unpaired) electrons. The zero-order chi connectivity index (χ0) is 14.7. The van der Waals surface area contributed by atoms with Crippen LogP contribution in [0.5, 0.6) is 0 Å². The van der Waals surface area contributed by atoms with E-state index in [0.29, 0.717) is 23.6 Å². The smallest absolute Gasteiger partial charge is 0.326 e. The van der Waals surface area contributed by atoms with Crippen molar-refractivity contribution in [3.63, 3.8) is 0 Å². The number of esters is 1. The van der Waals surface area contributed by atoms with Gasteiger partial charge in [0.25, 0.3) is 0 Å². The van der Waals surface area contributed by atoms with E-state index >= 15 is 0 Å².